The van der Waals surface area contributed by atoms with Gasteiger partial charge in [-0.15, -0.1) is 0 Å². The number of hydrogen-bond acceptors (Lipinski definition) is 5. The Kier molecular flexibility index (Phi) is 3.73. The largest absolute Gasteiger partial charge is 0.281 e. The molecule has 96 valence electrons. The van der Waals surface area contributed by atoms with Gasteiger partial charge in [-0.2, -0.15) is 15.0 Å². The molecule has 19 heavy (non-hydrogen) atoms. The summed E-state index contributed by atoms with van der Waals surface area (Å²) in [7, 11) is 0. The van der Waals surface area contributed by atoms with E-state index in [1.807, 2.05) is 0 Å². The van der Waals surface area contributed by atoms with Gasteiger partial charge >= 0.3 is 0 Å². The first-order chi connectivity index (χ1) is 9.02. The molecule has 6 nitrogen and oxygen atoms in total. The maximum Gasteiger partial charge on any atom is 0.281 e. The zero-order chi connectivity index (χ0) is 14.0. The predicted octanol–water partition coefficient (Wildman–Crippen LogP) is 3.40. The third-order valence-corrected chi connectivity index (χ3v) is 2.63. The van der Waals surface area contributed by atoms with E-state index in [1.165, 1.54) is 12.1 Å². The SMILES string of the molecule is C=Cc1cccc([N+](=O)[O-])c1-c1nc(Cl)nc(Cl)n1. The Morgan fingerprint density at radius 3 is 2.37 bits per heavy atom. The van der Waals surface area contributed by atoms with E-state index in [0.717, 1.165) is 0 Å². The van der Waals surface area contributed by atoms with Gasteiger partial charge in [-0.1, -0.05) is 24.8 Å². The number of nitro groups is 1. The van der Waals surface area contributed by atoms with Gasteiger partial charge in [0, 0.05) is 6.07 Å². The highest BCUT2D eigenvalue weighted by Crippen LogP contribution is 2.32. The van der Waals surface area contributed by atoms with E-state index in [9.17, 15) is 10.1 Å². The van der Waals surface area contributed by atoms with Crippen molar-refractivity contribution in [3.63, 3.8) is 0 Å². The molecule has 0 aliphatic carbocycles. The van der Waals surface area contributed by atoms with Crippen LogP contribution in [0.3, 0.4) is 0 Å². The molecule has 2 rings (SSSR count). The van der Waals surface area contributed by atoms with Crippen molar-refractivity contribution in [1.29, 1.82) is 0 Å². The topological polar surface area (TPSA) is 81.8 Å². The minimum Gasteiger partial charge on any atom is -0.258 e. The Bertz CT molecular complexity index is 655. The van der Waals surface area contributed by atoms with Crippen LogP contribution < -0.4 is 0 Å². The molecule has 8 heteroatoms. The molecule has 0 spiro atoms. The number of benzene rings is 1. The fourth-order valence-electron chi connectivity index (χ4n) is 1.56. The average molecular weight is 297 g/mol. The van der Waals surface area contributed by atoms with Gasteiger partial charge in [0.25, 0.3) is 5.69 Å². The lowest BCUT2D eigenvalue weighted by atomic mass is 10.0. The number of hydrogen-bond donors (Lipinski definition) is 0. The number of rotatable bonds is 3. The Labute approximate surface area is 117 Å². The molecule has 2 aromatic rings. The Balaban J connectivity index is 2.79. The van der Waals surface area contributed by atoms with Crippen LogP contribution in [0.1, 0.15) is 5.56 Å². The number of nitrogens with zero attached hydrogens (tertiary/aromatic N) is 4. The lowest BCUT2D eigenvalue weighted by Gasteiger charge is -2.06. The highest BCUT2D eigenvalue weighted by molar-refractivity contribution is 6.31. The Hall–Kier alpha value is -2.05. The second kappa shape index (κ2) is 5.29. The second-order valence-corrected chi connectivity index (χ2v) is 4.08. The lowest BCUT2D eigenvalue weighted by Crippen LogP contribution is -1.99. The highest BCUT2D eigenvalue weighted by atomic mass is 35.5. The third kappa shape index (κ3) is 2.69. The quantitative estimate of drug-likeness (QED) is 0.640. The standard InChI is InChI=1S/C11H6Cl2N4O2/c1-2-6-4-3-5-7(17(18)19)8(6)9-14-10(12)16-11(13)15-9/h2-5H,1H2. The van der Waals surface area contributed by atoms with Crippen molar-refractivity contribution in [2.24, 2.45) is 0 Å². The highest BCUT2D eigenvalue weighted by Gasteiger charge is 2.21. The smallest absolute Gasteiger partial charge is 0.258 e. The number of aromatic nitrogens is 3. The summed E-state index contributed by atoms with van der Waals surface area (Å²) in [6, 6.07) is 4.54. The molecule has 1 aromatic carbocycles. The van der Waals surface area contributed by atoms with Crippen molar-refractivity contribution in [3.8, 4) is 11.4 Å². The fraction of sp³-hybridized carbons (Fsp3) is 0. The van der Waals surface area contributed by atoms with E-state index in [4.69, 9.17) is 23.2 Å². The van der Waals surface area contributed by atoms with Crippen LogP contribution in [-0.4, -0.2) is 19.9 Å². The van der Waals surface area contributed by atoms with Crippen molar-refractivity contribution in [2.75, 3.05) is 0 Å². The molecule has 0 bridgehead atoms. The summed E-state index contributed by atoms with van der Waals surface area (Å²) in [5.41, 5.74) is 0.553. The molecule has 1 aromatic heterocycles. The minimum atomic E-state index is -0.534. The van der Waals surface area contributed by atoms with Crippen LogP contribution in [-0.2, 0) is 0 Å². The maximum atomic E-state index is 11.1. The van der Waals surface area contributed by atoms with Crippen LogP contribution in [0.25, 0.3) is 17.5 Å². The molecule has 0 aliphatic rings. The molecular formula is C11H6Cl2N4O2. The van der Waals surface area contributed by atoms with Crippen LogP contribution in [0.5, 0.6) is 0 Å². The molecule has 0 unspecified atom stereocenters. The van der Waals surface area contributed by atoms with Gasteiger partial charge in [-0.3, -0.25) is 10.1 Å². The molecule has 0 atom stereocenters. The lowest BCUT2D eigenvalue weighted by molar-refractivity contribution is -0.384. The van der Waals surface area contributed by atoms with Crippen molar-refractivity contribution < 1.29 is 4.92 Å². The van der Waals surface area contributed by atoms with Gasteiger partial charge in [0.1, 0.15) is 5.56 Å². The average Bonchev–Trinajstić information content (AvgIpc) is 2.36. The van der Waals surface area contributed by atoms with Crippen LogP contribution >= 0.6 is 23.2 Å². The zero-order valence-corrected chi connectivity index (χ0v) is 10.9. The van der Waals surface area contributed by atoms with E-state index in [-0.39, 0.29) is 27.6 Å². The van der Waals surface area contributed by atoms with Crippen LogP contribution in [0, 0.1) is 10.1 Å². The Morgan fingerprint density at radius 1 is 1.21 bits per heavy atom. The molecule has 0 N–H and O–H groups in total. The molecule has 0 radical (unpaired) electrons. The number of halogens is 2. The summed E-state index contributed by atoms with van der Waals surface area (Å²) >= 11 is 11.4. The molecule has 0 fully saturated rings. The summed E-state index contributed by atoms with van der Waals surface area (Å²) in [5, 5.41) is 10.8. The number of nitro benzene ring substituents is 1. The van der Waals surface area contributed by atoms with Gasteiger partial charge in [0.15, 0.2) is 5.82 Å². The Morgan fingerprint density at radius 2 is 1.84 bits per heavy atom. The molecule has 0 amide bonds. The molecule has 0 aliphatic heterocycles. The van der Waals surface area contributed by atoms with Crippen molar-refractivity contribution in [3.05, 3.63) is 51.0 Å². The van der Waals surface area contributed by atoms with Gasteiger partial charge < -0.3 is 0 Å². The zero-order valence-electron chi connectivity index (χ0n) is 9.38. The summed E-state index contributed by atoms with van der Waals surface area (Å²) in [4.78, 5) is 21.9. The maximum absolute atomic E-state index is 11.1. The first-order valence-electron chi connectivity index (χ1n) is 5.00. The minimum absolute atomic E-state index is 0.0344. The van der Waals surface area contributed by atoms with E-state index in [1.54, 1.807) is 12.1 Å². The first kappa shape index (κ1) is 13.4. The fourth-order valence-corrected chi connectivity index (χ4v) is 1.92. The normalized spacial score (nSPS) is 10.2. The summed E-state index contributed by atoms with van der Waals surface area (Å²) in [6.07, 6.45) is 1.47. The first-order valence-corrected chi connectivity index (χ1v) is 5.76. The van der Waals surface area contributed by atoms with Crippen LogP contribution in [0.2, 0.25) is 10.6 Å². The molecule has 0 saturated heterocycles. The van der Waals surface area contributed by atoms with E-state index in [2.05, 4.69) is 21.5 Å². The summed E-state index contributed by atoms with van der Waals surface area (Å²) in [6.45, 7) is 3.60. The van der Waals surface area contributed by atoms with Crippen molar-refractivity contribution in [2.45, 2.75) is 0 Å². The van der Waals surface area contributed by atoms with Crippen LogP contribution in [0.15, 0.2) is 24.8 Å². The van der Waals surface area contributed by atoms with Gasteiger partial charge in [0.2, 0.25) is 10.6 Å². The van der Waals surface area contributed by atoms with E-state index in [0.29, 0.717) is 5.56 Å². The van der Waals surface area contributed by atoms with E-state index >= 15 is 0 Å². The summed E-state index contributed by atoms with van der Waals surface area (Å²) in [5.74, 6) is 0.0344. The monoisotopic (exact) mass is 296 g/mol. The summed E-state index contributed by atoms with van der Waals surface area (Å²) < 4.78 is 0. The second-order valence-electron chi connectivity index (χ2n) is 3.40. The predicted molar refractivity (Wildman–Crippen MR) is 72.0 cm³/mol. The van der Waals surface area contributed by atoms with Crippen LogP contribution in [0.4, 0.5) is 5.69 Å². The van der Waals surface area contributed by atoms with Crippen molar-refractivity contribution >= 4 is 35.0 Å². The third-order valence-electron chi connectivity index (χ3n) is 2.30. The molecular weight excluding hydrogens is 291 g/mol. The molecule has 1 heterocycles. The van der Waals surface area contributed by atoms with Crippen molar-refractivity contribution in [1.82, 2.24) is 15.0 Å². The van der Waals surface area contributed by atoms with Gasteiger partial charge in [-0.25, -0.2) is 0 Å². The van der Waals surface area contributed by atoms with Gasteiger partial charge in [0.05, 0.1) is 4.92 Å². The van der Waals surface area contributed by atoms with Gasteiger partial charge in [-0.05, 0) is 28.8 Å². The molecule has 0 saturated carbocycles. The van der Waals surface area contributed by atoms with E-state index < -0.39 is 4.92 Å².